The lowest BCUT2D eigenvalue weighted by molar-refractivity contribution is 0.333. The molecule has 0 aromatic heterocycles. The van der Waals surface area contributed by atoms with Crippen molar-refractivity contribution < 1.29 is 8.42 Å². The third-order valence-electron chi connectivity index (χ3n) is 3.72. The molecule has 0 aromatic carbocycles. The van der Waals surface area contributed by atoms with Gasteiger partial charge in [0.15, 0.2) is 0 Å². The van der Waals surface area contributed by atoms with Crippen molar-refractivity contribution in [1.82, 2.24) is 9.62 Å². The van der Waals surface area contributed by atoms with Gasteiger partial charge in [-0.2, -0.15) is 4.31 Å². The molecule has 2 aliphatic rings. The van der Waals surface area contributed by atoms with Crippen LogP contribution in [0.25, 0.3) is 0 Å². The Morgan fingerprint density at radius 3 is 2.75 bits per heavy atom. The molecular formula is C11H22N2O2S. The minimum Gasteiger partial charge on any atom is -0.317 e. The summed E-state index contributed by atoms with van der Waals surface area (Å²) in [6.45, 7) is 4.54. The van der Waals surface area contributed by atoms with E-state index >= 15 is 0 Å². The molecule has 0 aromatic rings. The molecule has 2 rings (SSSR count). The average Bonchev–Trinajstić information content (AvgIpc) is 2.86. The summed E-state index contributed by atoms with van der Waals surface area (Å²) in [6.07, 6.45) is 4.14. The molecule has 1 saturated heterocycles. The Labute approximate surface area is 98.4 Å². The van der Waals surface area contributed by atoms with Crippen molar-refractivity contribution in [1.29, 1.82) is 0 Å². The van der Waals surface area contributed by atoms with E-state index in [1.54, 1.807) is 4.31 Å². The third kappa shape index (κ3) is 2.57. The van der Waals surface area contributed by atoms with Gasteiger partial charge in [0.2, 0.25) is 10.0 Å². The Hall–Kier alpha value is -0.130. The molecule has 1 heterocycles. The molecule has 1 N–H and O–H groups in total. The van der Waals surface area contributed by atoms with Crippen LogP contribution in [-0.4, -0.2) is 44.2 Å². The summed E-state index contributed by atoms with van der Waals surface area (Å²) in [5.74, 6) is 0.956. The maximum absolute atomic E-state index is 12.1. The highest BCUT2D eigenvalue weighted by Crippen LogP contribution is 2.39. The number of nitrogens with zero attached hydrogens (tertiary/aromatic N) is 1. The van der Waals surface area contributed by atoms with E-state index in [2.05, 4.69) is 5.32 Å². The van der Waals surface area contributed by atoms with Crippen LogP contribution in [0.15, 0.2) is 0 Å². The Balaban J connectivity index is 1.83. The lowest BCUT2D eigenvalue weighted by atomic mass is 10.1. The molecule has 2 unspecified atom stereocenters. The summed E-state index contributed by atoms with van der Waals surface area (Å²) in [6, 6.07) is 0.328. The highest BCUT2D eigenvalue weighted by Gasteiger charge is 2.43. The van der Waals surface area contributed by atoms with Crippen molar-refractivity contribution in [3.05, 3.63) is 0 Å². The van der Waals surface area contributed by atoms with Crippen molar-refractivity contribution >= 4 is 10.0 Å². The first kappa shape index (κ1) is 12.3. The van der Waals surface area contributed by atoms with Gasteiger partial charge in [0.05, 0.1) is 5.75 Å². The monoisotopic (exact) mass is 246 g/mol. The fourth-order valence-corrected chi connectivity index (χ4v) is 4.72. The highest BCUT2D eigenvalue weighted by molar-refractivity contribution is 7.89. The summed E-state index contributed by atoms with van der Waals surface area (Å²) < 4.78 is 25.9. The Morgan fingerprint density at radius 1 is 1.38 bits per heavy atom. The molecule has 94 valence electrons. The van der Waals surface area contributed by atoms with Crippen LogP contribution in [0.5, 0.6) is 0 Å². The second-order valence-electron chi connectivity index (χ2n) is 4.93. The highest BCUT2D eigenvalue weighted by atomic mass is 32.2. The predicted octanol–water partition coefficient (Wildman–Crippen LogP) is 0.800. The molecule has 0 amide bonds. The molecule has 2 atom stereocenters. The van der Waals surface area contributed by atoms with Gasteiger partial charge in [-0.05, 0) is 44.7 Å². The smallest absolute Gasteiger partial charge is 0.214 e. The number of sulfonamides is 1. The van der Waals surface area contributed by atoms with E-state index in [0.29, 0.717) is 17.7 Å². The molecule has 1 aliphatic heterocycles. The Morgan fingerprint density at radius 2 is 2.19 bits per heavy atom. The summed E-state index contributed by atoms with van der Waals surface area (Å²) in [7, 11) is -2.98. The van der Waals surface area contributed by atoms with Crippen LogP contribution in [0.1, 0.15) is 32.6 Å². The lowest BCUT2D eigenvalue weighted by Crippen LogP contribution is -2.39. The van der Waals surface area contributed by atoms with Gasteiger partial charge in [0.25, 0.3) is 0 Å². The zero-order valence-corrected chi connectivity index (χ0v) is 10.8. The van der Waals surface area contributed by atoms with Gasteiger partial charge < -0.3 is 5.32 Å². The summed E-state index contributed by atoms with van der Waals surface area (Å²) >= 11 is 0. The first-order valence-electron chi connectivity index (χ1n) is 6.33. The molecule has 0 spiro atoms. The minimum atomic E-state index is -2.98. The van der Waals surface area contributed by atoms with E-state index in [1.807, 2.05) is 6.92 Å². The Kier molecular flexibility index (Phi) is 3.87. The van der Waals surface area contributed by atoms with Crippen molar-refractivity contribution in [2.75, 3.05) is 25.4 Å². The number of hydrogen-bond donors (Lipinski definition) is 1. The van der Waals surface area contributed by atoms with Crippen LogP contribution in [0, 0.1) is 5.92 Å². The van der Waals surface area contributed by atoms with Gasteiger partial charge in [-0.15, -0.1) is 0 Å². The second-order valence-corrected chi connectivity index (χ2v) is 6.97. The zero-order chi connectivity index (χ0) is 11.6. The van der Waals surface area contributed by atoms with E-state index in [4.69, 9.17) is 0 Å². The van der Waals surface area contributed by atoms with E-state index in [0.717, 1.165) is 38.9 Å². The van der Waals surface area contributed by atoms with E-state index in [1.165, 1.54) is 6.42 Å². The van der Waals surface area contributed by atoms with Gasteiger partial charge in [0, 0.05) is 12.6 Å². The van der Waals surface area contributed by atoms with Gasteiger partial charge >= 0.3 is 0 Å². The summed E-state index contributed by atoms with van der Waals surface area (Å²) in [5, 5.41) is 3.16. The van der Waals surface area contributed by atoms with Crippen LogP contribution >= 0.6 is 0 Å². The Bertz CT molecular complexity index is 329. The minimum absolute atomic E-state index is 0.309. The molecule has 2 bridgehead atoms. The van der Waals surface area contributed by atoms with E-state index < -0.39 is 10.0 Å². The standard InChI is InChI=1S/C11H22N2O2S/c1-2-12-6-3-7-16(14,15)13-9-10-4-5-11(13)8-10/h10-12H,2-9H2,1H3. The van der Waals surface area contributed by atoms with Crippen LogP contribution in [0.2, 0.25) is 0 Å². The van der Waals surface area contributed by atoms with Gasteiger partial charge in [-0.3, -0.25) is 0 Å². The van der Waals surface area contributed by atoms with Gasteiger partial charge in [0.1, 0.15) is 0 Å². The maximum atomic E-state index is 12.1. The first-order valence-corrected chi connectivity index (χ1v) is 7.94. The molecule has 1 saturated carbocycles. The maximum Gasteiger partial charge on any atom is 0.214 e. The predicted molar refractivity (Wildman–Crippen MR) is 64.8 cm³/mol. The van der Waals surface area contributed by atoms with Crippen LogP contribution in [-0.2, 0) is 10.0 Å². The third-order valence-corrected chi connectivity index (χ3v) is 5.69. The lowest BCUT2D eigenvalue weighted by Gasteiger charge is -2.26. The van der Waals surface area contributed by atoms with Gasteiger partial charge in [-0.25, -0.2) is 8.42 Å². The number of rotatable bonds is 6. The molecule has 0 radical (unpaired) electrons. The molecule has 5 heteroatoms. The second kappa shape index (κ2) is 5.02. The van der Waals surface area contributed by atoms with Crippen molar-refractivity contribution in [3.8, 4) is 0 Å². The fraction of sp³-hybridized carbons (Fsp3) is 1.00. The topological polar surface area (TPSA) is 49.4 Å². The van der Waals surface area contributed by atoms with Crippen LogP contribution in [0.4, 0.5) is 0 Å². The molecule has 4 nitrogen and oxygen atoms in total. The summed E-state index contributed by atoms with van der Waals surface area (Å²) in [5.41, 5.74) is 0. The number of fused-ring (bicyclic) bond motifs is 2. The molecule has 16 heavy (non-hydrogen) atoms. The molecule has 2 fully saturated rings. The molecular weight excluding hydrogens is 224 g/mol. The van der Waals surface area contributed by atoms with Crippen molar-refractivity contribution in [2.45, 2.75) is 38.6 Å². The first-order chi connectivity index (χ1) is 7.63. The largest absolute Gasteiger partial charge is 0.317 e. The SMILES string of the molecule is CCNCCCS(=O)(=O)N1CC2CCC1C2. The van der Waals surface area contributed by atoms with E-state index in [-0.39, 0.29) is 0 Å². The van der Waals surface area contributed by atoms with Crippen LogP contribution < -0.4 is 5.32 Å². The van der Waals surface area contributed by atoms with Crippen molar-refractivity contribution in [2.24, 2.45) is 5.92 Å². The summed E-state index contributed by atoms with van der Waals surface area (Å²) in [4.78, 5) is 0. The number of piperidine rings is 1. The van der Waals surface area contributed by atoms with E-state index in [9.17, 15) is 8.42 Å². The number of hydrogen-bond acceptors (Lipinski definition) is 3. The molecule has 1 aliphatic carbocycles. The quantitative estimate of drug-likeness (QED) is 0.705. The average molecular weight is 246 g/mol. The van der Waals surface area contributed by atoms with Crippen molar-refractivity contribution in [3.63, 3.8) is 0 Å². The van der Waals surface area contributed by atoms with Gasteiger partial charge in [-0.1, -0.05) is 6.92 Å². The van der Waals surface area contributed by atoms with Crippen LogP contribution in [0.3, 0.4) is 0 Å². The number of nitrogens with one attached hydrogen (secondary N) is 1. The normalized spacial score (nSPS) is 30.1. The zero-order valence-electron chi connectivity index (χ0n) is 9.98. The fourth-order valence-electron chi connectivity index (χ4n) is 2.89.